The first-order valence-corrected chi connectivity index (χ1v) is 22.7. The minimum absolute atomic E-state index is 0.157. The first kappa shape index (κ1) is 50.0. The minimum Gasteiger partial charge on any atom is -0.457 e. The molecule has 15 heteroatoms. The zero-order valence-corrected chi connectivity index (χ0v) is 41.0. The number of hydrogen-bond donors (Lipinski definition) is 3. The molecule has 3 heterocycles. The van der Waals surface area contributed by atoms with Crippen molar-refractivity contribution in [2.45, 2.75) is 101 Å². The van der Waals surface area contributed by atoms with Crippen LogP contribution in [-0.2, 0) is 14.0 Å². The first-order valence-electron chi connectivity index (χ1n) is 22.7. The van der Waals surface area contributed by atoms with Crippen molar-refractivity contribution in [1.82, 2.24) is 0 Å². The number of nitrogens with zero attached hydrogens (tertiary/aromatic N) is 3. The molecule has 0 radical (unpaired) electrons. The summed E-state index contributed by atoms with van der Waals surface area (Å²) in [5.74, 6) is 4.41. The van der Waals surface area contributed by atoms with E-state index in [0.29, 0.717) is 22.8 Å². The number of ether oxygens (including phenoxy) is 3. The van der Waals surface area contributed by atoms with Crippen molar-refractivity contribution in [3.8, 4) is 34.5 Å². The Hall–Kier alpha value is -6.86. The van der Waals surface area contributed by atoms with E-state index in [2.05, 4.69) is 14.5 Å². The van der Waals surface area contributed by atoms with Gasteiger partial charge in [0.25, 0.3) is 0 Å². The second kappa shape index (κ2) is 20.4. The molecule has 0 fully saturated rings. The molecular formula is C54H54B3N3O9. The summed E-state index contributed by atoms with van der Waals surface area (Å²) in [4.78, 5) is 10.5. The van der Waals surface area contributed by atoms with Crippen LogP contribution in [0.5, 0.6) is 34.5 Å². The van der Waals surface area contributed by atoms with Crippen LogP contribution in [0.3, 0.4) is 0 Å². The Morgan fingerprint density at radius 1 is 0.435 bits per heavy atom. The van der Waals surface area contributed by atoms with Crippen LogP contribution in [0.2, 0.25) is 0 Å². The van der Waals surface area contributed by atoms with E-state index in [1.54, 1.807) is 0 Å². The smallest absolute Gasteiger partial charge is 0.457 e. The Morgan fingerprint density at radius 3 is 1.41 bits per heavy atom. The van der Waals surface area contributed by atoms with Crippen molar-refractivity contribution < 1.29 is 43.2 Å². The van der Waals surface area contributed by atoms with Gasteiger partial charge in [0.2, 0.25) is 0 Å². The van der Waals surface area contributed by atoms with Gasteiger partial charge in [-0.05, 0) is 227 Å². The quantitative estimate of drug-likeness (QED) is 0.110. The molecule has 3 unspecified atom stereocenters. The van der Waals surface area contributed by atoms with Gasteiger partial charge < -0.3 is 43.2 Å². The van der Waals surface area contributed by atoms with Crippen LogP contribution in [-0.4, -0.2) is 36.4 Å². The molecule has 0 amide bonds. The molecule has 9 rings (SSSR count). The second-order valence-corrected chi connectivity index (χ2v) is 17.9. The summed E-state index contributed by atoms with van der Waals surface area (Å²) in [6, 6.07) is 22.6. The van der Waals surface area contributed by atoms with Crippen LogP contribution in [0.15, 0.2) is 72.8 Å². The highest BCUT2D eigenvalue weighted by atomic mass is 16.5. The lowest BCUT2D eigenvalue weighted by Gasteiger charge is -2.16. The van der Waals surface area contributed by atoms with E-state index >= 15 is 0 Å². The lowest BCUT2D eigenvalue weighted by atomic mass is 9.76. The number of fused-ring (bicyclic) bond motifs is 3. The second-order valence-electron chi connectivity index (χ2n) is 17.9. The summed E-state index contributed by atoms with van der Waals surface area (Å²) in [5, 5.41) is 29.8. The van der Waals surface area contributed by atoms with Crippen molar-refractivity contribution in [2.75, 3.05) is 0 Å². The zero-order valence-electron chi connectivity index (χ0n) is 41.0. The van der Waals surface area contributed by atoms with Gasteiger partial charge in [0.1, 0.15) is 34.5 Å². The summed E-state index contributed by atoms with van der Waals surface area (Å²) < 4.78 is 34.6. The molecule has 6 aromatic carbocycles. The van der Waals surface area contributed by atoms with Crippen molar-refractivity contribution in [3.63, 3.8) is 0 Å². The lowest BCUT2D eigenvalue weighted by Crippen LogP contribution is -2.30. The topological polar surface area (TPSA) is 129 Å². The number of rotatable bonds is 6. The maximum absolute atomic E-state index is 9.96. The maximum atomic E-state index is 9.96. The Labute approximate surface area is 406 Å². The zero-order chi connectivity index (χ0) is 50.2. The van der Waals surface area contributed by atoms with Crippen LogP contribution in [0.1, 0.15) is 106 Å². The highest BCUT2D eigenvalue weighted by molar-refractivity contribution is 6.63. The average molecular weight is 921 g/mol. The van der Waals surface area contributed by atoms with Crippen molar-refractivity contribution in [1.29, 1.82) is 0 Å². The van der Waals surface area contributed by atoms with Gasteiger partial charge in [-0.25, -0.2) is 14.5 Å². The fourth-order valence-corrected chi connectivity index (χ4v) is 8.91. The Balaban J connectivity index is 0.000000153. The molecule has 3 aliphatic rings. The molecule has 12 nitrogen and oxygen atoms in total. The predicted molar refractivity (Wildman–Crippen MR) is 272 cm³/mol. The van der Waals surface area contributed by atoms with Gasteiger partial charge in [-0.2, -0.15) is 0 Å². The van der Waals surface area contributed by atoms with E-state index in [1.165, 1.54) is 0 Å². The molecule has 69 heavy (non-hydrogen) atoms. The molecule has 348 valence electrons. The molecule has 3 aliphatic heterocycles. The van der Waals surface area contributed by atoms with Gasteiger partial charge in [-0.3, -0.25) is 0 Å². The molecule has 6 aromatic rings. The normalized spacial score (nSPS) is 16.2. The van der Waals surface area contributed by atoms with E-state index in [4.69, 9.17) is 47.9 Å². The molecule has 0 aromatic heterocycles. The Bertz CT molecular complexity index is 3070. The molecule has 0 saturated carbocycles. The maximum Gasteiger partial charge on any atom is 0.492 e. The number of benzene rings is 6. The lowest BCUT2D eigenvalue weighted by molar-refractivity contribution is 0.208. The molecule has 3 N–H and O–H groups in total. The summed E-state index contributed by atoms with van der Waals surface area (Å²) in [7, 11) is -2.60. The van der Waals surface area contributed by atoms with Gasteiger partial charge in [0, 0.05) is 0 Å². The molecule has 0 bridgehead atoms. The van der Waals surface area contributed by atoms with Crippen molar-refractivity contribution in [3.05, 3.63) is 174 Å². The Morgan fingerprint density at radius 2 is 0.870 bits per heavy atom. The summed E-state index contributed by atoms with van der Waals surface area (Å²) in [6.45, 7) is 44.6. The van der Waals surface area contributed by atoms with Gasteiger partial charge in [-0.15, -0.1) is 0 Å². The fourth-order valence-electron chi connectivity index (χ4n) is 8.91. The van der Waals surface area contributed by atoms with Crippen LogP contribution in [0.25, 0.3) is 14.5 Å². The van der Waals surface area contributed by atoms with Gasteiger partial charge in [0.15, 0.2) is 17.1 Å². The minimum atomic E-state index is -0.866. The van der Waals surface area contributed by atoms with Gasteiger partial charge in [-0.1, -0.05) is 12.1 Å². The third kappa shape index (κ3) is 10.3. The molecule has 3 atom stereocenters. The molecule has 0 aliphatic carbocycles. The standard InChI is InChI=1S/3C18H18BNO3/c1-10-8-17(11(2)7-16(10)20-5)22-14-6-12(3)18-15(9-14)13(4)23-19(18)21;1-10-8-17(12(3)7-16(10)20-5)22-18-9-14-13(4)23-19(21)15(14)6-11(18)2;1-10-9-17(11(2)8-15(10)20-5)22-16-7-6-14-18(12(16)3)13(4)23-19(14)21/h3*6-9,13,21H,1-4H3. The van der Waals surface area contributed by atoms with Crippen LogP contribution < -0.4 is 30.6 Å². The van der Waals surface area contributed by atoms with E-state index in [9.17, 15) is 15.1 Å². The highest BCUT2D eigenvalue weighted by Gasteiger charge is 2.36. The summed E-state index contributed by atoms with van der Waals surface area (Å²) in [6.07, 6.45) is -0.472. The van der Waals surface area contributed by atoms with Crippen LogP contribution in [0.4, 0.5) is 17.1 Å². The van der Waals surface area contributed by atoms with Crippen molar-refractivity contribution >= 4 is 54.8 Å². The largest absolute Gasteiger partial charge is 0.492 e. The average Bonchev–Trinajstić information content (AvgIpc) is 3.87. The van der Waals surface area contributed by atoms with Crippen molar-refractivity contribution in [2.24, 2.45) is 0 Å². The van der Waals surface area contributed by atoms with E-state index in [1.807, 2.05) is 156 Å². The van der Waals surface area contributed by atoms with E-state index in [0.717, 1.165) is 112 Å². The monoisotopic (exact) mass is 921 g/mol. The van der Waals surface area contributed by atoms with Crippen LogP contribution in [0, 0.1) is 82.0 Å². The third-order valence-corrected chi connectivity index (χ3v) is 12.8. The Kier molecular flexibility index (Phi) is 14.8. The molecule has 0 saturated heterocycles. The predicted octanol–water partition coefficient (Wildman–Crippen LogP) is 11.2. The number of aryl methyl sites for hydroxylation is 8. The molecular weight excluding hydrogens is 867 g/mol. The van der Waals surface area contributed by atoms with Crippen LogP contribution >= 0.6 is 0 Å². The number of hydrogen-bond acceptors (Lipinski definition) is 9. The summed E-state index contributed by atoms with van der Waals surface area (Å²) in [5.41, 5.74) is 15.6. The SMILES string of the molecule is [C-]#[N+]c1cc(C)c(Oc2cc(C)c3c(c2)C(C)OB3O)cc1C.[C-]#[N+]c1cc(C)c(Oc2cc3c(cc2C)B(O)OC3C)cc1C.[C-]#[N+]c1cc(C)c(Oc2ccc3c(c2C)C(C)OB3O)cc1C. The third-order valence-electron chi connectivity index (χ3n) is 12.8. The molecule has 0 spiro atoms. The van der Waals surface area contributed by atoms with Gasteiger partial charge >= 0.3 is 21.4 Å². The first-order chi connectivity index (χ1) is 32.7. The summed E-state index contributed by atoms with van der Waals surface area (Å²) >= 11 is 0. The fraction of sp³-hybridized carbons (Fsp3) is 0.278. The van der Waals surface area contributed by atoms with E-state index in [-0.39, 0.29) is 18.3 Å². The highest BCUT2D eigenvalue weighted by Crippen LogP contribution is 2.39. The van der Waals surface area contributed by atoms with Gasteiger partial charge in [0.05, 0.1) is 38.0 Å². The van der Waals surface area contributed by atoms with E-state index < -0.39 is 21.4 Å².